The van der Waals surface area contributed by atoms with Gasteiger partial charge in [0, 0.05) is 16.1 Å². The van der Waals surface area contributed by atoms with Gasteiger partial charge in [0.2, 0.25) is 0 Å². The smallest absolute Gasteiger partial charge is 0.171 e. The molecular formula is C14H11Cl2FN2O2. The Hall–Kier alpha value is -1.98. The van der Waals surface area contributed by atoms with E-state index in [0.29, 0.717) is 21.9 Å². The molecule has 0 saturated heterocycles. The fraction of sp³-hybridized carbons (Fsp3) is 0.0714. The molecule has 0 aromatic heterocycles. The lowest BCUT2D eigenvalue weighted by Gasteiger charge is -2.09. The number of oxime groups is 1. The van der Waals surface area contributed by atoms with Gasteiger partial charge in [0.1, 0.15) is 18.2 Å². The maximum absolute atomic E-state index is 13.6. The molecule has 0 aliphatic heterocycles. The quantitative estimate of drug-likeness (QED) is 0.388. The van der Waals surface area contributed by atoms with Gasteiger partial charge in [-0.1, -0.05) is 34.4 Å². The summed E-state index contributed by atoms with van der Waals surface area (Å²) in [6.07, 6.45) is 0. The molecule has 0 bridgehead atoms. The van der Waals surface area contributed by atoms with Crippen LogP contribution in [0.5, 0.6) is 5.75 Å². The van der Waals surface area contributed by atoms with Crippen molar-refractivity contribution in [1.29, 1.82) is 0 Å². The number of rotatable bonds is 4. The first kappa shape index (κ1) is 15.4. The molecule has 2 aromatic rings. The van der Waals surface area contributed by atoms with Crippen LogP contribution in [0.2, 0.25) is 10.0 Å². The zero-order valence-electron chi connectivity index (χ0n) is 10.7. The van der Waals surface area contributed by atoms with Crippen molar-refractivity contribution in [3.05, 3.63) is 63.4 Å². The zero-order chi connectivity index (χ0) is 15.4. The van der Waals surface area contributed by atoms with Crippen LogP contribution < -0.4 is 10.5 Å². The number of nitrogens with two attached hydrogens (primary N) is 1. The summed E-state index contributed by atoms with van der Waals surface area (Å²) in [5.74, 6) is -0.110. The normalized spacial score (nSPS) is 11.5. The minimum absolute atomic E-state index is 0.0300. The lowest BCUT2D eigenvalue weighted by Crippen LogP contribution is -2.13. The Labute approximate surface area is 130 Å². The van der Waals surface area contributed by atoms with Crippen molar-refractivity contribution in [2.24, 2.45) is 10.9 Å². The van der Waals surface area contributed by atoms with E-state index in [1.54, 1.807) is 24.3 Å². The van der Waals surface area contributed by atoms with Crippen molar-refractivity contribution in [1.82, 2.24) is 0 Å². The molecule has 0 aliphatic carbocycles. The maximum Gasteiger partial charge on any atom is 0.171 e. The van der Waals surface area contributed by atoms with Gasteiger partial charge in [0.15, 0.2) is 5.84 Å². The van der Waals surface area contributed by atoms with E-state index in [-0.39, 0.29) is 17.5 Å². The molecule has 2 aromatic carbocycles. The summed E-state index contributed by atoms with van der Waals surface area (Å²) < 4.78 is 19.0. The van der Waals surface area contributed by atoms with Crippen molar-refractivity contribution in [2.45, 2.75) is 6.61 Å². The fourth-order valence-electron chi connectivity index (χ4n) is 1.65. The van der Waals surface area contributed by atoms with Crippen molar-refractivity contribution >= 4 is 29.0 Å². The molecule has 7 heteroatoms. The summed E-state index contributed by atoms with van der Waals surface area (Å²) >= 11 is 11.7. The van der Waals surface area contributed by atoms with Gasteiger partial charge in [-0.05, 0) is 30.3 Å². The Bertz CT molecular complexity index is 693. The highest BCUT2D eigenvalue weighted by molar-refractivity contribution is 6.34. The Morgan fingerprint density at radius 2 is 2.00 bits per heavy atom. The first-order valence-corrected chi connectivity index (χ1v) is 6.61. The third kappa shape index (κ3) is 3.77. The second-order valence-electron chi connectivity index (χ2n) is 4.15. The molecule has 21 heavy (non-hydrogen) atoms. The Balaban J connectivity index is 2.12. The number of ether oxygens (including phenoxy) is 1. The van der Waals surface area contributed by atoms with Crippen LogP contribution in [0.1, 0.15) is 11.1 Å². The molecule has 2 rings (SSSR count). The number of benzene rings is 2. The van der Waals surface area contributed by atoms with Crippen molar-refractivity contribution in [3.8, 4) is 5.75 Å². The first-order valence-electron chi connectivity index (χ1n) is 5.85. The van der Waals surface area contributed by atoms with E-state index in [2.05, 4.69) is 5.16 Å². The summed E-state index contributed by atoms with van der Waals surface area (Å²) in [5, 5.41) is 12.1. The predicted molar refractivity (Wildman–Crippen MR) is 79.7 cm³/mol. The molecule has 0 saturated carbocycles. The summed E-state index contributed by atoms with van der Waals surface area (Å²) in [6, 6.07) is 8.98. The minimum atomic E-state index is -0.443. The summed E-state index contributed by atoms with van der Waals surface area (Å²) in [4.78, 5) is 0. The van der Waals surface area contributed by atoms with Crippen molar-refractivity contribution in [2.75, 3.05) is 0 Å². The number of halogens is 3. The largest absolute Gasteiger partial charge is 0.489 e. The molecular weight excluding hydrogens is 318 g/mol. The standard InChI is InChI=1S/C14H11Cl2FN2O2/c15-9-2-1-8(13(17)5-9)7-21-10-3-4-11(12(16)6-10)14(18)19-20/h1-6,20H,7H2,(H2,18,19). The van der Waals surface area contributed by atoms with Gasteiger partial charge in [-0.15, -0.1) is 0 Å². The third-order valence-corrected chi connectivity index (χ3v) is 3.28. The Morgan fingerprint density at radius 1 is 1.24 bits per heavy atom. The molecule has 0 unspecified atom stereocenters. The first-order chi connectivity index (χ1) is 10.0. The third-order valence-electron chi connectivity index (χ3n) is 2.73. The minimum Gasteiger partial charge on any atom is -0.489 e. The Morgan fingerprint density at radius 3 is 2.62 bits per heavy atom. The molecule has 0 atom stereocenters. The second kappa shape index (κ2) is 6.65. The number of amidine groups is 1. The van der Waals surface area contributed by atoms with Crippen LogP contribution in [0.25, 0.3) is 0 Å². The van der Waals surface area contributed by atoms with E-state index in [1.165, 1.54) is 12.1 Å². The topological polar surface area (TPSA) is 67.8 Å². The number of nitrogens with zero attached hydrogens (tertiary/aromatic N) is 1. The predicted octanol–water partition coefficient (Wildman–Crippen LogP) is 3.81. The summed E-state index contributed by atoms with van der Waals surface area (Å²) in [7, 11) is 0. The fourth-order valence-corrected chi connectivity index (χ4v) is 2.07. The molecule has 0 amide bonds. The maximum atomic E-state index is 13.6. The molecule has 0 radical (unpaired) electrons. The highest BCUT2D eigenvalue weighted by Crippen LogP contribution is 2.24. The second-order valence-corrected chi connectivity index (χ2v) is 4.99. The van der Waals surface area contributed by atoms with Gasteiger partial charge in [0.25, 0.3) is 0 Å². The van der Waals surface area contributed by atoms with Crippen LogP contribution in [0.4, 0.5) is 4.39 Å². The highest BCUT2D eigenvalue weighted by atomic mass is 35.5. The van der Waals surface area contributed by atoms with Gasteiger partial charge in [-0.2, -0.15) is 0 Å². The molecule has 0 aliphatic rings. The average molecular weight is 329 g/mol. The number of hydrogen-bond acceptors (Lipinski definition) is 3. The van der Waals surface area contributed by atoms with E-state index in [0.717, 1.165) is 0 Å². The van der Waals surface area contributed by atoms with E-state index in [1.807, 2.05) is 0 Å². The molecule has 0 spiro atoms. The van der Waals surface area contributed by atoms with Gasteiger partial charge < -0.3 is 15.7 Å². The molecule has 0 fully saturated rings. The summed E-state index contributed by atoms with van der Waals surface area (Å²) in [6.45, 7) is 0.0300. The van der Waals surface area contributed by atoms with Crippen LogP contribution in [-0.2, 0) is 6.61 Å². The van der Waals surface area contributed by atoms with Crippen LogP contribution in [-0.4, -0.2) is 11.0 Å². The van der Waals surface area contributed by atoms with Crippen LogP contribution in [0, 0.1) is 5.82 Å². The van der Waals surface area contributed by atoms with Crippen LogP contribution in [0.3, 0.4) is 0 Å². The zero-order valence-corrected chi connectivity index (χ0v) is 12.2. The van der Waals surface area contributed by atoms with E-state index in [4.69, 9.17) is 38.9 Å². The molecule has 0 heterocycles. The van der Waals surface area contributed by atoms with Gasteiger partial charge in [-0.3, -0.25) is 0 Å². The van der Waals surface area contributed by atoms with E-state index in [9.17, 15) is 4.39 Å². The van der Waals surface area contributed by atoms with E-state index >= 15 is 0 Å². The highest BCUT2D eigenvalue weighted by Gasteiger charge is 2.08. The number of hydrogen-bond donors (Lipinski definition) is 2. The van der Waals surface area contributed by atoms with E-state index < -0.39 is 5.82 Å². The SMILES string of the molecule is N/C(=N/O)c1ccc(OCc2ccc(Cl)cc2F)cc1Cl. The van der Waals surface area contributed by atoms with Crippen molar-refractivity contribution < 1.29 is 14.3 Å². The van der Waals surface area contributed by atoms with Gasteiger partial charge in [-0.25, -0.2) is 4.39 Å². The monoisotopic (exact) mass is 328 g/mol. The summed E-state index contributed by atoms with van der Waals surface area (Å²) in [5.41, 5.74) is 6.21. The Kier molecular flexibility index (Phi) is 4.88. The lowest BCUT2D eigenvalue weighted by molar-refractivity contribution is 0.300. The van der Waals surface area contributed by atoms with Gasteiger partial charge in [0.05, 0.1) is 5.02 Å². The molecule has 3 N–H and O–H groups in total. The van der Waals surface area contributed by atoms with Gasteiger partial charge >= 0.3 is 0 Å². The van der Waals surface area contributed by atoms with Crippen molar-refractivity contribution in [3.63, 3.8) is 0 Å². The molecule has 110 valence electrons. The molecule has 4 nitrogen and oxygen atoms in total. The van der Waals surface area contributed by atoms with Crippen LogP contribution in [0.15, 0.2) is 41.6 Å². The van der Waals surface area contributed by atoms with Crippen LogP contribution >= 0.6 is 23.2 Å². The average Bonchev–Trinajstić information content (AvgIpc) is 2.45. The lowest BCUT2D eigenvalue weighted by atomic mass is 10.2.